The SMILES string of the molecule is Cc1nc(CNC(C)(C)C(C)O)cs1. The van der Waals surface area contributed by atoms with Crippen LogP contribution < -0.4 is 5.32 Å². The third-order valence-electron chi connectivity index (χ3n) is 2.44. The van der Waals surface area contributed by atoms with Crippen LogP contribution in [0, 0.1) is 6.92 Å². The number of aliphatic hydroxyl groups excluding tert-OH is 1. The fourth-order valence-corrected chi connectivity index (χ4v) is 1.57. The first kappa shape index (κ1) is 11.6. The minimum atomic E-state index is -0.373. The van der Waals surface area contributed by atoms with Crippen molar-refractivity contribution in [1.29, 1.82) is 0 Å². The van der Waals surface area contributed by atoms with E-state index in [0.717, 1.165) is 10.7 Å². The highest BCUT2D eigenvalue weighted by Crippen LogP contribution is 2.12. The van der Waals surface area contributed by atoms with Crippen LogP contribution in [0.2, 0.25) is 0 Å². The summed E-state index contributed by atoms with van der Waals surface area (Å²) in [5, 5.41) is 15.9. The van der Waals surface area contributed by atoms with Crippen LogP contribution in [-0.2, 0) is 6.54 Å². The Hall–Kier alpha value is -0.450. The fourth-order valence-electron chi connectivity index (χ4n) is 0.956. The van der Waals surface area contributed by atoms with Gasteiger partial charge in [-0.15, -0.1) is 11.3 Å². The van der Waals surface area contributed by atoms with Crippen molar-refractivity contribution in [3.8, 4) is 0 Å². The van der Waals surface area contributed by atoms with Gasteiger partial charge in [0.15, 0.2) is 0 Å². The highest BCUT2D eigenvalue weighted by molar-refractivity contribution is 7.09. The van der Waals surface area contributed by atoms with E-state index in [-0.39, 0.29) is 11.6 Å². The lowest BCUT2D eigenvalue weighted by atomic mass is 9.99. The molecule has 1 unspecified atom stereocenters. The van der Waals surface area contributed by atoms with Gasteiger partial charge in [-0.1, -0.05) is 0 Å². The van der Waals surface area contributed by atoms with E-state index in [1.165, 1.54) is 0 Å². The van der Waals surface area contributed by atoms with E-state index in [9.17, 15) is 5.11 Å². The Morgan fingerprint density at radius 2 is 2.29 bits per heavy atom. The third kappa shape index (κ3) is 3.04. The minimum Gasteiger partial charge on any atom is -0.392 e. The van der Waals surface area contributed by atoms with Gasteiger partial charge in [-0.25, -0.2) is 4.98 Å². The lowest BCUT2D eigenvalue weighted by Gasteiger charge is -2.29. The summed E-state index contributed by atoms with van der Waals surface area (Å²) < 4.78 is 0. The Bertz CT molecular complexity index is 294. The van der Waals surface area contributed by atoms with Crippen LogP contribution in [0.5, 0.6) is 0 Å². The van der Waals surface area contributed by atoms with E-state index < -0.39 is 0 Å². The van der Waals surface area contributed by atoms with Gasteiger partial charge < -0.3 is 10.4 Å². The molecule has 3 nitrogen and oxygen atoms in total. The van der Waals surface area contributed by atoms with E-state index in [1.54, 1.807) is 18.3 Å². The van der Waals surface area contributed by atoms with E-state index >= 15 is 0 Å². The molecule has 0 aliphatic rings. The number of rotatable bonds is 4. The van der Waals surface area contributed by atoms with Gasteiger partial charge in [0, 0.05) is 17.5 Å². The van der Waals surface area contributed by atoms with E-state index in [0.29, 0.717) is 6.54 Å². The molecular formula is C10H18N2OS. The van der Waals surface area contributed by atoms with Crippen LogP contribution in [-0.4, -0.2) is 21.7 Å². The second-order valence-electron chi connectivity index (χ2n) is 4.11. The van der Waals surface area contributed by atoms with Crippen molar-refractivity contribution < 1.29 is 5.11 Å². The normalized spacial score (nSPS) is 14.4. The molecule has 0 amide bonds. The average Bonchev–Trinajstić information content (AvgIpc) is 2.48. The number of hydrogen-bond donors (Lipinski definition) is 2. The maximum atomic E-state index is 9.48. The third-order valence-corrected chi connectivity index (χ3v) is 3.26. The van der Waals surface area contributed by atoms with Gasteiger partial charge in [0.05, 0.1) is 16.8 Å². The molecular weight excluding hydrogens is 196 g/mol. The molecule has 0 radical (unpaired) electrons. The van der Waals surface area contributed by atoms with Crippen LogP contribution in [0.4, 0.5) is 0 Å². The Morgan fingerprint density at radius 1 is 1.64 bits per heavy atom. The Kier molecular flexibility index (Phi) is 3.64. The summed E-state index contributed by atoms with van der Waals surface area (Å²) in [6, 6.07) is 0. The molecule has 2 N–H and O–H groups in total. The van der Waals surface area contributed by atoms with Crippen molar-refractivity contribution in [2.75, 3.05) is 0 Å². The van der Waals surface area contributed by atoms with Gasteiger partial charge >= 0.3 is 0 Å². The first-order valence-electron chi connectivity index (χ1n) is 4.76. The van der Waals surface area contributed by atoms with Crippen molar-refractivity contribution in [3.05, 3.63) is 16.1 Å². The van der Waals surface area contributed by atoms with Crippen molar-refractivity contribution in [3.63, 3.8) is 0 Å². The van der Waals surface area contributed by atoms with Crippen molar-refractivity contribution in [2.24, 2.45) is 0 Å². The van der Waals surface area contributed by atoms with Crippen LogP contribution in [0.1, 0.15) is 31.5 Å². The van der Waals surface area contributed by atoms with Crippen LogP contribution in [0.15, 0.2) is 5.38 Å². The molecule has 1 atom stereocenters. The maximum absolute atomic E-state index is 9.48. The first-order valence-corrected chi connectivity index (χ1v) is 5.64. The molecule has 0 aromatic carbocycles. The number of nitrogens with one attached hydrogen (secondary N) is 1. The smallest absolute Gasteiger partial charge is 0.0897 e. The molecule has 0 bridgehead atoms. The number of thiazole rings is 1. The number of hydrogen-bond acceptors (Lipinski definition) is 4. The molecule has 14 heavy (non-hydrogen) atoms. The molecule has 0 aliphatic carbocycles. The first-order chi connectivity index (χ1) is 6.42. The summed E-state index contributed by atoms with van der Waals surface area (Å²) >= 11 is 1.65. The Labute approximate surface area is 89.2 Å². The van der Waals surface area contributed by atoms with Crippen molar-refractivity contribution in [1.82, 2.24) is 10.3 Å². The molecule has 1 heterocycles. The van der Waals surface area contributed by atoms with Crippen LogP contribution in [0.3, 0.4) is 0 Å². The lowest BCUT2D eigenvalue weighted by Crippen LogP contribution is -2.47. The zero-order valence-electron chi connectivity index (χ0n) is 9.16. The molecule has 4 heteroatoms. The van der Waals surface area contributed by atoms with Gasteiger partial charge in [-0.2, -0.15) is 0 Å². The van der Waals surface area contributed by atoms with Gasteiger partial charge in [0.25, 0.3) is 0 Å². The number of aliphatic hydroxyl groups is 1. The zero-order valence-corrected chi connectivity index (χ0v) is 9.98. The second kappa shape index (κ2) is 4.38. The monoisotopic (exact) mass is 214 g/mol. The number of aromatic nitrogens is 1. The van der Waals surface area contributed by atoms with Gasteiger partial charge in [-0.3, -0.25) is 0 Å². The molecule has 80 valence electrons. The molecule has 0 saturated heterocycles. The molecule has 0 fully saturated rings. The molecule has 0 saturated carbocycles. The molecule has 1 aromatic rings. The summed E-state index contributed by atoms with van der Waals surface area (Å²) in [7, 11) is 0. The summed E-state index contributed by atoms with van der Waals surface area (Å²) in [5.41, 5.74) is 0.776. The summed E-state index contributed by atoms with van der Waals surface area (Å²) in [5.74, 6) is 0. The van der Waals surface area contributed by atoms with E-state index in [2.05, 4.69) is 10.3 Å². The van der Waals surface area contributed by atoms with Gasteiger partial charge in [-0.05, 0) is 27.7 Å². The maximum Gasteiger partial charge on any atom is 0.0897 e. The van der Waals surface area contributed by atoms with E-state index in [1.807, 2.05) is 26.2 Å². The van der Waals surface area contributed by atoms with Gasteiger partial charge in [0.2, 0.25) is 0 Å². The Morgan fingerprint density at radius 3 is 2.71 bits per heavy atom. The highest BCUT2D eigenvalue weighted by atomic mass is 32.1. The quantitative estimate of drug-likeness (QED) is 0.802. The largest absolute Gasteiger partial charge is 0.392 e. The van der Waals surface area contributed by atoms with Crippen LogP contribution in [0.25, 0.3) is 0 Å². The molecule has 0 aliphatic heterocycles. The van der Waals surface area contributed by atoms with Crippen molar-refractivity contribution >= 4 is 11.3 Å². The predicted octanol–water partition coefficient (Wildman–Crippen LogP) is 1.70. The van der Waals surface area contributed by atoms with E-state index in [4.69, 9.17) is 0 Å². The number of nitrogens with zero attached hydrogens (tertiary/aromatic N) is 1. The summed E-state index contributed by atoms with van der Waals surface area (Å²) in [4.78, 5) is 4.35. The fraction of sp³-hybridized carbons (Fsp3) is 0.700. The topological polar surface area (TPSA) is 45.2 Å². The second-order valence-corrected chi connectivity index (χ2v) is 5.17. The standard InChI is InChI=1S/C10H18N2OS/c1-7(13)10(3,4)11-5-9-6-14-8(2)12-9/h6-7,11,13H,5H2,1-4H3. The highest BCUT2D eigenvalue weighted by Gasteiger charge is 2.23. The molecule has 1 aromatic heterocycles. The Balaban J connectivity index is 2.48. The average molecular weight is 214 g/mol. The van der Waals surface area contributed by atoms with Gasteiger partial charge in [0.1, 0.15) is 0 Å². The molecule has 0 spiro atoms. The minimum absolute atomic E-state index is 0.266. The van der Waals surface area contributed by atoms with Crippen molar-refractivity contribution in [2.45, 2.75) is 45.9 Å². The zero-order chi connectivity index (χ0) is 10.8. The lowest BCUT2D eigenvalue weighted by molar-refractivity contribution is 0.0954. The van der Waals surface area contributed by atoms with Crippen LogP contribution >= 0.6 is 11.3 Å². The summed E-state index contributed by atoms with van der Waals surface area (Å²) in [6.45, 7) is 8.46. The molecule has 1 rings (SSSR count). The number of aryl methyl sites for hydroxylation is 1. The predicted molar refractivity (Wildman–Crippen MR) is 59.5 cm³/mol. The summed E-state index contributed by atoms with van der Waals surface area (Å²) in [6.07, 6.45) is -0.373.